The molecule has 1 aliphatic heterocycles. The van der Waals surface area contributed by atoms with Gasteiger partial charge in [0, 0.05) is 37.8 Å². The maximum absolute atomic E-state index is 13.5. The standard InChI is InChI=1S/C23H27ClFN7O2/c1-3-8-32-23(34-17-6-7-19(25)18(24)10-17)28-22(30-32)27-21-14-4-5-15(21)13-31(12-14)16-9-20(33-2)29-26-11-16/h6-7,9-11,14-15,21H,3-5,8,12-13H2,1-2H3,(H,27,30)/t14-,15+,21+. The topological polar surface area (TPSA) is 90.2 Å². The van der Waals surface area contributed by atoms with E-state index in [1.807, 2.05) is 6.07 Å². The fourth-order valence-electron chi connectivity index (χ4n) is 4.90. The number of nitrogens with one attached hydrogen (secondary N) is 1. The quantitative estimate of drug-likeness (QED) is 0.500. The second-order valence-corrected chi connectivity index (χ2v) is 9.16. The summed E-state index contributed by atoms with van der Waals surface area (Å²) in [5.74, 6) is 1.89. The fraction of sp³-hybridized carbons (Fsp3) is 0.478. The van der Waals surface area contributed by atoms with Crippen molar-refractivity contribution in [2.45, 2.75) is 38.8 Å². The van der Waals surface area contributed by atoms with Gasteiger partial charge >= 0.3 is 6.01 Å². The molecule has 9 nitrogen and oxygen atoms in total. The number of aryl methyl sites for hydroxylation is 1. The minimum atomic E-state index is -0.491. The number of nitrogens with zero attached hydrogens (tertiary/aromatic N) is 6. The van der Waals surface area contributed by atoms with E-state index in [-0.39, 0.29) is 11.1 Å². The largest absolute Gasteiger partial charge is 0.480 e. The lowest BCUT2D eigenvalue weighted by Crippen LogP contribution is -2.48. The van der Waals surface area contributed by atoms with Crippen molar-refractivity contribution in [2.75, 3.05) is 30.4 Å². The smallest absolute Gasteiger partial charge is 0.322 e. The molecule has 1 N–H and O–H groups in total. The van der Waals surface area contributed by atoms with Gasteiger partial charge in [0.2, 0.25) is 11.8 Å². The number of anilines is 2. The average molecular weight is 488 g/mol. The molecule has 2 aliphatic rings. The third-order valence-corrected chi connectivity index (χ3v) is 6.78. The minimum absolute atomic E-state index is 0.00255. The van der Waals surface area contributed by atoms with E-state index in [1.165, 1.54) is 18.2 Å². The predicted octanol–water partition coefficient (Wildman–Crippen LogP) is 4.40. The van der Waals surface area contributed by atoms with Crippen LogP contribution < -0.4 is 19.7 Å². The number of piperidine rings is 1. The summed E-state index contributed by atoms with van der Waals surface area (Å²) in [5.41, 5.74) is 1.03. The van der Waals surface area contributed by atoms with Crippen molar-refractivity contribution in [3.63, 3.8) is 0 Å². The first kappa shape index (κ1) is 22.6. The minimum Gasteiger partial charge on any atom is -0.480 e. The molecule has 0 radical (unpaired) electrons. The van der Waals surface area contributed by atoms with Gasteiger partial charge in [-0.15, -0.1) is 10.2 Å². The monoisotopic (exact) mass is 487 g/mol. The molecule has 34 heavy (non-hydrogen) atoms. The molecule has 2 bridgehead atoms. The van der Waals surface area contributed by atoms with Crippen LogP contribution in [0.3, 0.4) is 0 Å². The van der Waals surface area contributed by atoms with Gasteiger partial charge in [-0.25, -0.2) is 9.07 Å². The van der Waals surface area contributed by atoms with Crippen LogP contribution >= 0.6 is 11.6 Å². The number of halogens is 2. The van der Waals surface area contributed by atoms with Crippen LogP contribution in [0.15, 0.2) is 30.5 Å². The first-order chi connectivity index (χ1) is 16.5. The van der Waals surface area contributed by atoms with Crippen molar-refractivity contribution in [2.24, 2.45) is 11.8 Å². The summed E-state index contributed by atoms with van der Waals surface area (Å²) in [6.45, 7) is 4.54. The molecule has 0 unspecified atom stereocenters. The molecule has 3 aromatic rings. The Kier molecular flexibility index (Phi) is 6.40. The van der Waals surface area contributed by atoms with Crippen molar-refractivity contribution in [3.8, 4) is 17.6 Å². The van der Waals surface area contributed by atoms with Crippen molar-refractivity contribution in [1.29, 1.82) is 0 Å². The van der Waals surface area contributed by atoms with Crippen LogP contribution in [0.25, 0.3) is 0 Å². The van der Waals surface area contributed by atoms with Crippen molar-refractivity contribution in [1.82, 2.24) is 25.0 Å². The normalized spacial score (nSPS) is 21.5. The molecule has 1 aliphatic carbocycles. The molecular weight excluding hydrogens is 461 g/mol. The van der Waals surface area contributed by atoms with Gasteiger partial charge in [0.05, 0.1) is 24.0 Å². The zero-order valence-electron chi connectivity index (χ0n) is 19.1. The number of aromatic nitrogens is 5. The molecule has 3 atom stereocenters. The Labute approximate surface area is 202 Å². The lowest BCUT2D eigenvalue weighted by Gasteiger charge is -2.39. The summed E-state index contributed by atoms with van der Waals surface area (Å²) in [6.07, 6.45) is 4.94. The fourth-order valence-corrected chi connectivity index (χ4v) is 5.07. The average Bonchev–Trinajstić information content (AvgIpc) is 3.31. The summed E-state index contributed by atoms with van der Waals surface area (Å²) in [6, 6.07) is 6.80. The van der Waals surface area contributed by atoms with Crippen LogP contribution in [-0.2, 0) is 6.54 Å². The lowest BCUT2D eigenvalue weighted by molar-refractivity contribution is 0.372. The maximum atomic E-state index is 13.5. The van der Waals surface area contributed by atoms with E-state index in [4.69, 9.17) is 21.1 Å². The molecule has 0 amide bonds. The van der Waals surface area contributed by atoms with Crippen LogP contribution in [0, 0.1) is 17.7 Å². The summed E-state index contributed by atoms with van der Waals surface area (Å²) < 4.78 is 26.4. The molecule has 180 valence electrons. The zero-order valence-corrected chi connectivity index (χ0v) is 19.9. The van der Waals surface area contributed by atoms with Gasteiger partial charge in [-0.3, -0.25) is 0 Å². The van der Waals surface area contributed by atoms with Gasteiger partial charge < -0.3 is 19.7 Å². The highest BCUT2D eigenvalue weighted by Crippen LogP contribution is 2.40. The Morgan fingerprint density at radius 3 is 2.71 bits per heavy atom. The predicted molar refractivity (Wildman–Crippen MR) is 126 cm³/mol. The van der Waals surface area contributed by atoms with E-state index < -0.39 is 5.82 Å². The van der Waals surface area contributed by atoms with E-state index in [0.29, 0.717) is 42.0 Å². The number of benzene rings is 1. The van der Waals surface area contributed by atoms with Crippen molar-refractivity contribution in [3.05, 3.63) is 41.3 Å². The molecule has 3 heterocycles. The molecular formula is C23H27ClFN7O2. The van der Waals surface area contributed by atoms with Gasteiger partial charge in [-0.05, 0) is 43.2 Å². The molecule has 5 rings (SSSR count). The SMILES string of the molecule is CCCn1nc(N[C@H]2[C@@H]3CC[C@H]2CN(c2cnnc(OC)c2)C3)nc1Oc1ccc(F)c(Cl)c1. The highest BCUT2D eigenvalue weighted by atomic mass is 35.5. The highest BCUT2D eigenvalue weighted by molar-refractivity contribution is 6.30. The summed E-state index contributed by atoms with van der Waals surface area (Å²) in [7, 11) is 1.60. The van der Waals surface area contributed by atoms with Crippen LogP contribution in [0.4, 0.5) is 16.0 Å². The molecule has 0 spiro atoms. The van der Waals surface area contributed by atoms with Crippen LogP contribution in [-0.4, -0.2) is 51.2 Å². The maximum Gasteiger partial charge on any atom is 0.322 e. The zero-order chi connectivity index (χ0) is 23.7. The molecule has 1 aromatic carbocycles. The van der Waals surface area contributed by atoms with E-state index in [1.54, 1.807) is 18.0 Å². The van der Waals surface area contributed by atoms with Gasteiger partial charge in [-0.1, -0.05) is 18.5 Å². The molecule has 1 saturated heterocycles. The van der Waals surface area contributed by atoms with E-state index in [0.717, 1.165) is 38.0 Å². The molecule has 1 saturated carbocycles. The number of hydrogen-bond donors (Lipinski definition) is 1. The number of hydrogen-bond acceptors (Lipinski definition) is 8. The third kappa shape index (κ3) is 4.59. The number of ether oxygens (including phenoxy) is 2. The molecule has 2 aromatic heterocycles. The second-order valence-electron chi connectivity index (χ2n) is 8.75. The number of rotatable bonds is 8. The van der Waals surface area contributed by atoms with Crippen molar-refractivity contribution >= 4 is 23.2 Å². The Bertz CT molecular complexity index is 1150. The van der Waals surface area contributed by atoms with E-state index >= 15 is 0 Å². The summed E-state index contributed by atoms with van der Waals surface area (Å²) in [4.78, 5) is 6.95. The Morgan fingerprint density at radius 1 is 1.21 bits per heavy atom. The molecule has 11 heteroatoms. The van der Waals surface area contributed by atoms with Crippen molar-refractivity contribution < 1.29 is 13.9 Å². The van der Waals surface area contributed by atoms with E-state index in [9.17, 15) is 4.39 Å². The van der Waals surface area contributed by atoms with E-state index in [2.05, 4.69) is 37.4 Å². The van der Waals surface area contributed by atoms with Crippen LogP contribution in [0.5, 0.6) is 17.6 Å². The number of fused-ring (bicyclic) bond motifs is 2. The van der Waals surface area contributed by atoms with Gasteiger partial charge in [-0.2, -0.15) is 10.1 Å². The van der Waals surface area contributed by atoms with Crippen LogP contribution in [0.1, 0.15) is 26.2 Å². The molecule has 2 fully saturated rings. The lowest BCUT2D eigenvalue weighted by atomic mass is 9.92. The highest BCUT2D eigenvalue weighted by Gasteiger charge is 2.42. The Balaban J connectivity index is 1.30. The second kappa shape index (κ2) is 9.61. The third-order valence-electron chi connectivity index (χ3n) is 6.49. The van der Waals surface area contributed by atoms with Gasteiger partial charge in [0.25, 0.3) is 0 Å². The van der Waals surface area contributed by atoms with Gasteiger partial charge in [0.1, 0.15) is 11.6 Å². The summed E-state index contributed by atoms with van der Waals surface area (Å²) >= 11 is 5.90. The first-order valence-corrected chi connectivity index (χ1v) is 11.9. The van der Waals surface area contributed by atoms with Crippen LogP contribution in [0.2, 0.25) is 5.02 Å². The number of methoxy groups -OCH3 is 1. The Hall–Kier alpha value is -3.14. The first-order valence-electron chi connectivity index (χ1n) is 11.5. The summed E-state index contributed by atoms with van der Waals surface area (Å²) in [5, 5.41) is 16.3. The Morgan fingerprint density at radius 2 is 2.00 bits per heavy atom. The van der Waals surface area contributed by atoms with Gasteiger partial charge in [0.15, 0.2) is 0 Å².